The Morgan fingerprint density at radius 3 is 2.68 bits per heavy atom. The Kier molecular flexibility index (Phi) is 4.61. The van der Waals surface area contributed by atoms with Gasteiger partial charge in [0.2, 0.25) is 5.91 Å². The summed E-state index contributed by atoms with van der Waals surface area (Å²) in [5.74, 6) is 3.21. The number of anilines is 1. The minimum Gasteiger partial charge on any atom is -0.465 e. The molecule has 1 fully saturated rings. The standard InChI is InChI=1S/C19H24N2O3Si/c1-25(2,3)13-10-14-6-4-7-16-15(14)9-12-20(16)18(22)17-8-5-11-21(17)19(23)24/h4,6-7,17H,5,8-9,11-12H2,1-3H3,(H,23,24). The van der Waals surface area contributed by atoms with Gasteiger partial charge in [-0.05, 0) is 37.0 Å². The van der Waals surface area contributed by atoms with Gasteiger partial charge >= 0.3 is 6.09 Å². The zero-order chi connectivity index (χ0) is 18.2. The lowest BCUT2D eigenvalue weighted by atomic mass is 10.1. The lowest BCUT2D eigenvalue weighted by molar-refractivity contribution is -0.122. The van der Waals surface area contributed by atoms with Gasteiger partial charge in [0.25, 0.3) is 0 Å². The van der Waals surface area contributed by atoms with Gasteiger partial charge in [-0.15, -0.1) is 5.54 Å². The van der Waals surface area contributed by atoms with Gasteiger partial charge in [0, 0.05) is 24.3 Å². The summed E-state index contributed by atoms with van der Waals surface area (Å²) < 4.78 is 0. The molecule has 2 amide bonds. The van der Waals surface area contributed by atoms with Gasteiger partial charge in [-0.1, -0.05) is 31.6 Å². The van der Waals surface area contributed by atoms with E-state index in [9.17, 15) is 14.7 Å². The summed E-state index contributed by atoms with van der Waals surface area (Å²) in [6.07, 6.45) is 1.11. The van der Waals surface area contributed by atoms with Gasteiger partial charge in [0.05, 0.1) is 0 Å². The van der Waals surface area contributed by atoms with Crippen LogP contribution in [0.2, 0.25) is 19.6 Å². The maximum atomic E-state index is 12.9. The Balaban J connectivity index is 1.88. The molecule has 2 heterocycles. The number of carbonyl (C=O) groups excluding carboxylic acids is 1. The lowest BCUT2D eigenvalue weighted by Gasteiger charge is -2.26. The van der Waals surface area contributed by atoms with E-state index in [2.05, 4.69) is 31.1 Å². The van der Waals surface area contributed by atoms with Crippen molar-refractivity contribution in [3.63, 3.8) is 0 Å². The van der Waals surface area contributed by atoms with Crippen LogP contribution in [0.1, 0.15) is 24.0 Å². The summed E-state index contributed by atoms with van der Waals surface area (Å²) in [5, 5.41) is 9.30. The minimum absolute atomic E-state index is 0.103. The summed E-state index contributed by atoms with van der Waals surface area (Å²) in [6, 6.07) is 5.33. The molecule has 0 aromatic heterocycles. The topological polar surface area (TPSA) is 60.9 Å². The average Bonchev–Trinajstić information content (AvgIpc) is 3.18. The number of benzene rings is 1. The third-order valence-electron chi connectivity index (χ3n) is 4.65. The predicted molar refractivity (Wildman–Crippen MR) is 100 cm³/mol. The van der Waals surface area contributed by atoms with Gasteiger partial charge < -0.3 is 10.0 Å². The number of likely N-dealkylation sites (tertiary alicyclic amines) is 1. The van der Waals surface area contributed by atoms with Crippen LogP contribution in [0.3, 0.4) is 0 Å². The fraction of sp³-hybridized carbons (Fsp3) is 0.474. The molecule has 2 aliphatic rings. The third kappa shape index (κ3) is 3.56. The molecule has 1 atom stereocenters. The van der Waals surface area contributed by atoms with E-state index in [4.69, 9.17) is 0 Å². The Bertz CT molecular complexity index is 773. The number of nitrogens with zero attached hydrogens (tertiary/aromatic N) is 2. The van der Waals surface area contributed by atoms with E-state index in [1.807, 2.05) is 18.2 Å². The molecule has 0 bridgehead atoms. The maximum Gasteiger partial charge on any atom is 0.407 e. The molecule has 3 rings (SSSR count). The lowest BCUT2D eigenvalue weighted by Crippen LogP contribution is -2.47. The molecule has 1 aromatic rings. The molecule has 2 aliphatic heterocycles. The number of carbonyl (C=O) groups is 2. The second-order valence-corrected chi connectivity index (χ2v) is 12.4. The molecule has 1 unspecified atom stereocenters. The van der Waals surface area contributed by atoms with E-state index >= 15 is 0 Å². The normalized spacial score (nSPS) is 19.4. The van der Waals surface area contributed by atoms with Crippen LogP contribution in [0.15, 0.2) is 18.2 Å². The highest BCUT2D eigenvalue weighted by Crippen LogP contribution is 2.32. The van der Waals surface area contributed by atoms with Crippen LogP contribution in [0.5, 0.6) is 0 Å². The van der Waals surface area contributed by atoms with E-state index in [-0.39, 0.29) is 5.91 Å². The first-order chi connectivity index (χ1) is 11.8. The maximum absolute atomic E-state index is 12.9. The van der Waals surface area contributed by atoms with Crippen molar-refractivity contribution in [2.45, 2.75) is 44.9 Å². The first-order valence-electron chi connectivity index (χ1n) is 8.74. The molecule has 0 spiro atoms. The third-order valence-corrected chi connectivity index (χ3v) is 5.52. The highest BCUT2D eigenvalue weighted by Gasteiger charge is 2.39. The number of carboxylic acid groups (broad SMARTS) is 1. The van der Waals surface area contributed by atoms with Crippen LogP contribution in [-0.4, -0.2) is 49.2 Å². The van der Waals surface area contributed by atoms with Crippen molar-refractivity contribution in [3.8, 4) is 11.5 Å². The molecule has 1 N–H and O–H groups in total. The highest BCUT2D eigenvalue weighted by atomic mass is 28.3. The van der Waals surface area contributed by atoms with Crippen LogP contribution < -0.4 is 4.90 Å². The molecule has 0 saturated carbocycles. The second-order valence-electron chi connectivity index (χ2n) is 7.68. The fourth-order valence-electron chi connectivity index (χ4n) is 3.47. The summed E-state index contributed by atoms with van der Waals surface area (Å²) >= 11 is 0. The van der Waals surface area contributed by atoms with Crippen LogP contribution in [0, 0.1) is 11.5 Å². The molecule has 0 aliphatic carbocycles. The average molecular weight is 356 g/mol. The van der Waals surface area contributed by atoms with Crippen LogP contribution in [-0.2, 0) is 11.2 Å². The van der Waals surface area contributed by atoms with Crippen molar-refractivity contribution in [2.75, 3.05) is 18.0 Å². The van der Waals surface area contributed by atoms with E-state index in [1.165, 1.54) is 4.90 Å². The number of hydrogen-bond acceptors (Lipinski definition) is 2. The number of amides is 2. The SMILES string of the molecule is C[Si](C)(C)C#Cc1cccc2c1CCN2C(=O)C1CCCN1C(=O)O. The van der Waals surface area contributed by atoms with Gasteiger partial charge in [0.15, 0.2) is 0 Å². The van der Waals surface area contributed by atoms with Crippen molar-refractivity contribution in [3.05, 3.63) is 29.3 Å². The van der Waals surface area contributed by atoms with E-state index in [0.717, 1.165) is 29.7 Å². The van der Waals surface area contributed by atoms with Crippen molar-refractivity contribution in [2.24, 2.45) is 0 Å². The molecular weight excluding hydrogens is 332 g/mol. The van der Waals surface area contributed by atoms with Gasteiger partial charge in [-0.25, -0.2) is 4.79 Å². The van der Waals surface area contributed by atoms with Gasteiger partial charge in [0.1, 0.15) is 14.1 Å². The fourth-order valence-corrected chi connectivity index (χ4v) is 3.98. The first-order valence-corrected chi connectivity index (χ1v) is 12.2. The van der Waals surface area contributed by atoms with Crippen molar-refractivity contribution >= 4 is 25.8 Å². The van der Waals surface area contributed by atoms with Crippen molar-refractivity contribution < 1.29 is 14.7 Å². The molecule has 5 nitrogen and oxygen atoms in total. The monoisotopic (exact) mass is 356 g/mol. The molecule has 6 heteroatoms. The second kappa shape index (κ2) is 6.56. The largest absolute Gasteiger partial charge is 0.465 e. The van der Waals surface area contributed by atoms with Gasteiger partial charge in [-0.2, -0.15) is 0 Å². The first kappa shape index (κ1) is 17.6. The highest BCUT2D eigenvalue weighted by molar-refractivity contribution is 6.83. The van der Waals surface area contributed by atoms with Crippen molar-refractivity contribution in [1.29, 1.82) is 0 Å². The van der Waals surface area contributed by atoms with Crippen LogP contribution in [0.25, 0.3) is 0 Å². The smallest absolute Gasteiger partial charge is 0.407 e. The number of rotatable bonds is 1. The Morgan fingerprint density at radius 2 is 2.00 bits per heavy atom. The Hall–Kier alpha value is -2.26. The zero-order valence-corrected chi connectivity index (χ0v) is 16.0. The molecule has 0 radical (unpaired) electrons. The van der Waals surface area contributed by atoms with Crippen LogP contribution in [0.4, 0.5) is 10.5 Å². The summed E-state index contributed by atoms with van der Waals surface area (Å²) in [5.41, 5.74) is 6.39. The van der Waals surface area contributed by atoms with E-state index < -0.39 is 20.2 Å². The Labute approximate surface area is 149 Å². The Morgan fingerprint density at radius 1 is 1.24 bits per heavy atom. The summed E-state index contributed by atoms with van der Waals surface area (Å²) in [6.45, 7) is 7.66. The zero-order valence-electron chi connectivity index (χ0n) is 15.0. The summed E-state index contributed by atoms with van der Waals surface area (Å²) in [4.78, 5) is 27.3. The van der Waals surface area contributed by atoms with E-state index in [0.29, 0.717) is 19.5 Å². The van der Waals surface area contributed by atoms with Gasteiger partial charge in [-0.3, -0.25) is 9.69 Å². The van der Waals surface area contributed by atoms with Crippen LogP contribution >= 0.6 is 0 Å². The summed E-state index contributed by atoms with van der Waals surface area (Å²) in [7, 11) is -1.47. The number of fused-ring (bicyclic) bond motifs is 1. The van der Waals surface area contributed by atoms with E-state index in [1.54, 1.807) is 4.90 Å². The minimum atomic E-state index is -1.47. The molecular formula is C19H24N2O3Si. The quantitative estimate of drug-likeness (QED) is 0.622. The van der Waals surface area contributed by atoms with Crippen molar-refractivity contribution in [1.82, 2.24) is 4.90 Å². The molecule has 1 aromatic carbocycles. The molecule has 25 heavy (non-hydrogen) atoms. The predicted octanol–water partition coefficient (Wildman–Crippen LogP) is 2.95. The number of hydrogen-bond donors (Lipinski definition) is 1. The molecule has 1 saturated heterocycles. The molecule has 132 valence electrons.